The maximum Gasteiger partial charge on any atom is 0.262 e. The Morgan fingerprint density at radius 2 is 1.81 bits per heavy atom. The zero-order valence-electron chi connectivity index (χ0n) is 19.0. The Morgan fingerprint density at radius 1 is 1.09 bits per heavy atom. The number of nitrogens with one attached hydrogen (secondary N) is 2. The standard InChI is InChI=1S/C24H30FN3O4/c1-6-31-21-13-17(11-12-20(21)32-16(4)5)14-26-28-24(30)22(15(2)3)27-23(29)18-9-7-8-10-19(18)25/h7-16,22H,6H2,1-5H3,(H,27,29)(H,28,30)/b26-14+. The van der Waals surface area contributed by atoms with Crippen LogP contribution in [0.4, 0.5) is 4.39 Å². The number of benzene rings is 2. The number of rotatable bonds is 10. The van der Waals surface area contributed by atoms with Gasteiger partial charge in [-0.15, -0.1) is 0 Å². The number of ether oxygens (including phenoxy) is 2. The summed E-state index contributed by atoms with van der Waals surface area (Å²) in [4.78, 5) is 25.0. The minimum Gasteiger partial charge on any atom is -0.490 e. The van der Waals surface area contributed by atoms with E-state index in [1.165, 1.54) is 24.4 Å². The van der Waals surface area contributed by atoms with E-state index in [1.54, 1.807) is 38.1 Å². The molecule has 0 spiro atoms. The lowest BCUT2D eigenvalue weighted by Gasteiger charge is -2.20. The van der Waals surface area contributed by atoms with Gasteiger partial charge in [0.2, 0.25) is 0 Å². The molecule has 172 valence electrons. The molecule has 1 atom stereocenters. The Hall–Kier alpha value is -3.42. The molecule has 0 saturated carbocycles. The zero-order valence-corrected chi connectivity index (χ0v) is 19.0. The highest BCUT2D eigenvalue weighted by atomic mass is 19.1. The summed E-state index contributed by atoms with van der Waals surface area (Å²) in [5, 5.41) is 6.56. The lowest BCUT2D eigenvalue weighted by atomic mass is 10.0. The van der Waals surface area contributed by atoms with E-state index in [-0.39, 0.29) is 17.6 Å². The summed E-state index contributed by atoms with van der Waals surface area (Å²) in [6.45, 7) is 9.76. The highest BCUT2D eigenvalue weighted by molar-refractivity contribution is 5.98. The largest absolute Gasteiger partial charge is 0.490 e. The first-order valence-electron chi connectivity index (χ1n) is 10.5. The number of hydrogen-bond acceptors (Lipinski definition) is 5. The van der Waals surface area contributed by atoms with Gasteiger partial charge in [0.05, 0.1) is 24.5 Å². The van der Waals surface area contributed by atoms with Crippen molar-refractivity contribution in [3.05, 3.63) is 59.4 Å². The minimum absolute atomic E-state index is 0.000509. The summed E-state index contributed by atoms with van der Waals surface area (Å²) in [6.07, 6.45) is 1.47. The molecule has 0 aromatic heterocycles. The van der Waals surface area contributed by atoms with Crippen molar-refractivity contribution >= 4 is 18.0 Å². The highest BCUT2D eigenvalue weighted by Gasteiger charge is 2.25. The lowest BCUT2D eigenvalue weighted by Crippen LogP contribution is -2.48. The molecule has 1 unspecified atom stereocenters. The van der Waals surface area contributed by atoms with Crippen LogP contribution in [-0.2, 0) is 4.79 Å². The molecule has 8 heteroatoms. The molecule has 0 saturated heterocycles. The molecule has 0 aliphatic heterocycles. The molecule has 0 radical (unpaired) electrons. The second kappa shape index (κ2) is 11.8. The first kappa shape index (κ1) is 24.8. The van der Waals surface area contributed by atoms with Gasteiger partial charge in [-0.25, -0.2) is 9.82 Å². The predicted molar refractivity (Wildman–Crippen MR) is 122 cm³/mol. The first-order valence-corrected chi connectivity index (χ1v) is 10.5. The average molecular weight is 444 g/mol. The molecule has 2 amide bonds. The summed E-state index contributed by atoms with van der Waals surface area (Å²) in [7, 11) is 0. The van der Waals surface area contributed by atoms with Gasteiger partial charge in [-0.05, 0) is 62.6 Å². The topological polar surface area (TPSA) is 89.0 Å². The van der Waals surface area contributed by atoms with Crippen molar-refractivity contribution in [2.75, 3.05) is 6.61 Å². The summed E-state index contributed by atoms with van der Waals surface area (Å²) in [5.74, 6) is -0.861. The monoisotopic (exact) mass is 443 g/mol. The van der Waals surface area contributed by atoms with Crippen molar-refractivity contribution in [3.8, 4) is 11.5 Å². The second-order valence-electron chi connectivity index (χ2n) is 7.72. The number of amides is 2. The summed E-state index contributed by atoms with van der Waals surface area (Å²) in [6, 6.07) is 10.0. The molecular weight excluding hydrogens is 413 g/mol. The van der Waals surface area contributed by atoms with E-state index in [0.29, 0.717) is 23.7 Å². The van der Waals surface area contributed by atoms with Crippen LogP contribution in [0, 0.1) is 11.7 Å². The maximum atomic E-state index is 13.9. The smallest absolute Gasteiger partial charge is 0.262 e. The third-order valence-electron chi connectivity index (χ3n) is 4.37. The Balaban J connectivity index is 2.07. The molecule has 0 fully saturated rings. The molecule has 0 heterocycles. The summed E-state index contributed by atoms with van der Waals surface area (Å²) >= 11 is 0. The van der Waals surface area contributed by atoms with E-state index in [2.05, 4.69) is 15.8 Å². The van der Waals surface area contributed by atoms with Crippen LogP contribution in [0.5, 0.6) is 11.5 Å². The van der Waals surface area contributed by atoms with Crippen LogP contribution in [0.3, 0.4) is 0 Å². The molecule has 2 aromatic carbocycles. The van der Waals surface area contributed by atoms with Gasteiger partial charge < -0.3 is 14.8 Å². The van der Waals surface area contributed by atoms with Gasteiger partial charge in [0.1, 0.15) is 11.9 Å². The second-order valence-corrected chi connectivity index (χ2v) is 7.72. The minimum atomic E-state index is -0.889. The van der Waals surface area contributed by atoms with Crippen LogP contribution in [0.1, 0.15) is 50.5 Å². The number of carbonyl (C=O) groups is 2. The summed E-state index contributed by atoms with van der Waals surface area (Å²) < 4.78 is 25.2. The van der Waals surface area contributed by atoms with E-state index >= 15 is 0 Å². The van der Waals surface area contributed by atoms with Gasteiger partial charge in [-0.3, -0.25) is 9.59 Å². The van der Waals surface area contributed by atoms with Crippen LogP contribution in [0.2, 0.25) is 0 Å². The Kier molecular flexibility index (Phi) is 9.19. The summed E-state index contributed by atoms with van der Waals surface area (Å²) in [5.41, 5.74) is 3.00. The first-order chi connectivity index (χ1) is 15.2. The van der Waals surface area contributed by atoms with Crippen molar-refractivity contribution < 1.29 is 23.5 Å². The zero-order chi connectivity index (χ0) is 23.7. The Morgan fingerprint density at radius 3 is 2.44 bits per heavy atom. The van der Waals surface area contributed by atoms with Gasteiger partial charge in [0.25, 0.3) is 11.8 Å². The van der Waals surface area contributed by atoms with Gasteiger partial charge in [-0.1, -0.05) is 26.0 Å². The van der Waals surface area contributed by atoms with Crippen molar-refractivity contribution in [2.24, 2.45) is 11.0 Å². The van der Waals surface area contributed by atoms with Gasteiger partial charge in [-0.2, -0.15) is 5.10 Å². The van der Waals surface area contributed by atoms with Crippen LogP contribution in [0.25, 0.3) is 0 Å². The van der Waals surface area contributed by atoms with Gasteiger partial charge in [0.15, 0.2) is 11.5 Å². The SMILES string of the molecule is CCOc1cc(/C=N/NC(=O)C(NC(=O)c2ccccc2F)C(C)C)ccc1OC(C)C. The fourth-order valence-corrected chi connectivity index (χ4v) is 2.86. The van der Waals surface area contributed by atoms with Crippen LogP contribution < -0.4 is 20.2 Å². The third-order valence-corrected chi connectivity index (χ3v) is 4.37. The number of hydrazone groups is 1. The fourth-order valence-electron chi connectivity index (χ4n) is 2.86. The van der Waals surface area contributed by atoms with Crippen LogP contribution in [-0.4, -0.2) is 36.8 Å². The number of carbonyl (C=O) groups excluding carboxylic acids is 2. The van der Waals surface area contributed by atoms with Gasteiger partial charge in [0, 0.05) is 0 Å². The van der Waals surface area contributed by atoms with Crippen LogP contribution in [0.15, 0.2) is 47.6 Å². The van der Waals surface area contributed by atoms with Crippen LogP contribution >= 0.6 is 0 Å². The molecule has 0 aliphatic carbocycles. The van der Waals surface area contributed by atoms with Crippen molar-refractivity contribution in [1.82, 2.24) is 10.7 Å². The highest BCUT2D eigenvalue weighted by Crippen LogP contribution is 2.29. The maximum absolute atomic E-state index is 13.9. The Labute approximate surface area is 188 Å². The molecule has 32 heavy (non-hydrogen) atoms. The molecule has 0 aliphatic rings. The average Bonchev–Trinajstić information content (AvgIpc) is 2.73. The molecule has 2 aromatic rings. The van der Waals surface area contributed by atoms with Crippen molar-refractivity contribution in [3.63, 3.8) is 0 Å². The van der Waals surface area contributed by atoms with E-state index in [4.69, 9.17) is 9.47 Å². The van der Waals surface area contributed by atoms with Crippen molar-refractivity contribution in [2.45, 2.75) is 46.8 Å². The molecular formula is C24H30FN3O4. The molecule has 2 rings (SSSR count). The fraction of sp³-hybridized carbons (Fsp3) is 0.375. The molecule has 0 bridgehead atoms. The van der Waals surface area contributed by atoms with E-state index < -0.39 is 23.7 Å². The number of halogens is 1. The molecule has 7 nitrogen and oxygen atoms in total. The quantitative estimate of drug-likeness (QED) is 0.430. The van der Waals surface area contributed by atoms with Crippen molar-refractivity contribution in [1.29, 1.82) is 0 Å². The normalized spacial score (nSPS) is 12.1. The Bertz CT molecular complexity index is 960. The van der Waals surface area contributed by atoms with E-state index in [0.717, 1.165) is 0 Å². The predicted octanol–water partition coefficient (Wildman–Crippen LogP) is 3.92. The number of nitrogens with zero attached hydrogens (tertiary/aromatic N) is 1. The number of hydrogen-bond donors (Lipinski definition) is 2. The van der Waals surface area contributed by atoms with Gasteiger partial charge >= 0.3 is 0 Å². The third kappa shape index (κ3) is 7.08. The molecule has 2 N–H and O–H groups in total. The van der Waals surface area contributed by atoms with E-state index in [9.17, 15) is 14.0 Å². The van der Waals surface area contributed by atoms with E-state index in [1.807, 2.05) is 20.8 Å². The lowest BCUT2D eigenvalue weighted by molar-refractivity contribution is -0.123.